The van der Waals surface area contributed by atoms with Crippen LogP contribution in [0.4, 0.5) is 4.79 Å². The lowest BCUT2D eigenvalue weighted by atomic mass is 9.69. The van der Waals surface area contributed by atoms with E-state index >= 15 is 0 Å². The first-order valence-corrected chi connectivity index (χ1v) is 13.6. The molecule has 0 bridgehead atoms. The second-order valence-corrected chi connectivity index (χ2v) is 12.9. The molecule has 3 aliphatic rings. The Morgan fingerprint density at radius 1 is 1.00 bits per heavy atom. The summed E-state index contributed by atoms with van der Waals surface area (Å²) in [7, 11) is -0.0380. The van der Waals surface area contributed by atoms with Crippen molar-refractivity contribution >= 4 is 22.0 Å². The van der Waals surface area contributed by atoms with Gasteiger partial charge in [-0.05, 0) is 64.7 Å². The van der Waals surface area contributed by atoms with Gasteiger partial charge >= 0.3 is 6.09 Å². The van der Waals surface area contributed by atoms with Crippen LogP contribution in [0.15, 0.2) is 0 Å². The van der Waals surface area contributed by atoms with Crippen molar-refractivity contribution in [1.29, 1.82) is 0 Å². The van der Waals surface area contributed by atoms with Gasteiger partial charge in [0.05, 0.1) is 23.4 Å². The fourth-order valence-electron chi connectivity index (χ4n) is 6.29. The van der Waals surface area contributed by atoms with Gasteiger partial charge in [0.25, 0.3) is 0 Å². The lowest BCUT2D eigenvalue weighted by Crippen LogP contribution is -2.67. The van der Waals surface area contributed by atoms with Crippen LogP contribution in [0, 0.1) is 11.8 Å². The predicted molar refractivity (Wildman–Crippen MR) is 124 cm³/mol. The van der Waals surface area contributed by atoms with Crippen molar-refractivity contribution in [3.8, 4) is 0 Å². The number of rotatable bonds is 4. The van der Waals surface area contributed by atoms with Crippen molar-refractivity contribution in [3.63, 3.8) is 0 Å². The Labute approximate surface area is 193 Å². The van der Waals surface area contributed by atoms with Crippen molar-refractivity contribution < 1.29 is 22.7 Å². The molecule has 1 heterocycles. The Morgan fingerprint density at radius 3 is 2.25 bits per heavy atom. The first-order valence-electron chi connectivity index (χ1n) is 12.1. The third-order valence-electron chi connectivity index (χ3n) is 7.71. The highest BCUT2D eigenvalue weighted by Crippen LogP contribution is 2.44. The van der Waals surface area contributed by atoms with E-state index in [9.17, 15) is 18.0 Å². The minimum Gasteiger partial charge on any atom is -0.447 e. The number of nitrogens with zero attached hydrogens (tertiary/aromatic N) is 3. The Morgan fingerprint density at radius 2 is 1.66 bits per heavy atom. The van der Waals surface area contributed by atoms with E-state index in [1.807, 2.05) is 30.6 Å². The number of amides is 2. The normalized spacial score (nSPS) is 33.9. The van der Waals surface area contributed by atoms with Crippen LogP contribution in [0.25, 0.3) is 0 Å². The summed E-state index contributed by atoms with van der Waals surface area (Å²) in [5.41, 5.74) is 0. The molecule has 6 atom stereocenters. The first-order chi connectivity index (χ1) is 14.9. The fourth-order valence-corrected chi connectivity index (χ4v) is 7.84. The average Bonchev–Trinajstić information content (AvgIpc) is 2.71. The highest BCUT2D eigenvalue weighted by atomic mass is 32.2. The minimum absolute atomic E-state index is 0.00268. The Kier molecular flexibility index (Phi) is 7.80. The second kappa shape index (κ2) is 9.87. The molecule has 3 fully saturated rings. The molecule has 0 spiro atoms. The minimum atomic E-state index is -3.26. The van der Waals surface area contributed by atoms with Crippen LogP contribution in [-0.4, -0.2) is 84.6 Å². The fraction of sp³-hybridized carbons (Fsp3) is 0.913. The highest BCUT2D eigenvalue weighted by molar-refractivity contribution is 7.89. The van der Waals surface area contributed by atoms with E-state index in [0.717, 1.165) is 38.5 Å². The van der Waals surface area contributed by atoms with Crippen molar-refractivity contribution in [2.45, 2.75) is 102 Å². The molecule has 0 aromatic rings. The smallest absolute Gasteiger partial charge is 0.410 e. The van der Waals surface area contributed by atoms with Crippen molar-refractivity contribution in [1.82, 2.24) is 14.1 Å². The molecule has 5 unspecified atom stereocenters. The SMILES string of the molecule is CC(=O)N1C2CCC(C3CCCC(S(=O)(=O)N(C)C)C3)CC2N(C(=O)OC(C)C)C[C@@H]1C. The molecule has 1 saturated heterocycles. The van der Waals surface area contributed by atoms with Gasteiger partial charge in [0, 0.05) is 33.6 Å². The van der Waals surface area contributed by atoms with Crippen LogP contribution >= 0.6 is 0 Å². The monoisotopic (exact) mass is 471 g/mol. The molecule has 2 aliphatic carbocycles. The maximum Gasteiger partial charge on any atom is 0.410 e. The van der Waals surface area contributed by atoms with Gasteiger partial charge < -0.3 is 14.5 Å². The third-order valence-corrected chi connectivity index (χ3v) is 10.0. The summed E-state index contributed by atoms with van der Waals surface area (Å²) in [6.07, 6.45) is 5.46. The van der Waals surface area contributed by atoms with E-state index in [0.29, 0.717) is 24.8 Å². The molecule has 184 valence electrons. The first kappa shape index (κ1) is 25.3. The van der Waals surface area contributed by atoms with Crippen LogP contribution in [-0.2, 0) is 19.6 Å². The number of piperazine rings is 1. The molecular formula is C23H41N3O5S. The lowest BCUT2D eigenvalue weighted by Gasteiger charge is -2.54. The second-order valence-electron chi connectivity index (χ2n) is 10.4. The maximum absolute atomic E-state index is 12.9. The van der Waals surface area contributed by atoms with Gasteiger partial charge in [-0.1, -0.05) is 12.8 Å². The molecule has 0 aromatic heterocycles. The average molecular weight is 472 g/mol. The molecule has 32 heavy (non-hydrogen) atoms. The summed E-state index contributed by atoms with van der Waals surface area (Å²) in [6, 6.07) is -0.127. The van der Waals surface area contributed by atoms with Crippen molar-refractivity contribution in [2.24, 2.45) is 11.8 Å². The van der Waals surface area contributed by atoms with Crippen molar-refractivity contribution in [3.05, 3.63) is 0 Å². The Hall–Kier alpha value is -1.35. The largest absolute Gasteiger partial charge is 0.447 e. The van der Waals surface area contributed by atoms with Crippen LogP contribution < -0.4 is 0 Å². The molecule has 3 rings (SSSR count). The van der Waals surface area contributed by atoms with E-state index in [1.165, 1.54) is 4.31 Å². The van der Waals surface area contributed by atoms with Crippen LogP contribution in [0.3, 0.4) is 0 Å². The summed E-state index contributed by atoms with van der Waals surface area (Å²) in [5, 5.41) is -0.323. The van der Waals surface area contributed by atoms with Gasteiger partial charge in [-0.25, -0.2) is 17.5 Å². The van der Waals surface area contributed by atoms with Gasteiger partial charge in [0.1, 0.15) is 0 Å². The van der Waals surface area contributed by atoms with Gasteiger partial charge in [-0.3, -0.25) is 4.79 Å². The number of ether oxygens (including phenoxy) is 1. The van der Waals surface area contributed by atoms with Gasteiger partial charge in [0.2, 0.25) is 15.9 Å². The lowest BCUT2D eigenvalue weighted by molar-refractivity contribution is -0.142. The third kappa shape index (κ3) is 5.08. The number of hydrogen-bond acceptors (Lipinski definition) is 5. The molecule has 8 nitrogen and oxygen atoms in total. The summed E-state index contributed by atoms with van der Waals surface area (Å²) >= 11 is 0. The number of carbonyl (C=O) groups is 2. The quantitative estimate of drug-likeness (QED) is 0.629. The van der Waals surface area contributed by atoms with Gasteiger partial charge in [-0.15, -0.1) is 0 Å². The van der Waals surface area contributed by atoms with Gasteiger partial charge in [0.15, 0.2) is 0 Å². The number of carbonyl (C=O) groups excluding carboxylic acids is 2. The molecule has 2 amide bonds. The van der Waals surface area contributed by atoms with E-state index in [4.69, 9.17) is 4.74 Å². The number of sulfonamides is 1. The molecule has 1 aliphatic heterocycles. The van der Waals surface area contributed by atoms with Crippen molar-refractivity contribution in [2.75, 3.05) is 20.6 Å². The summed E-state index contributed by atoms with van der Waals surface area (Å²) < 4.78 is 32.4. The molecule has 0 N–H and O–H groups in total. The number of fused-ring (bicyclic) bond motifs is 1. The predicted octanol–water partition coefficient (Wildman–Crippen LogP) is 3.07. The maximum atomic E-state index is 12.9. The standard InChI is InChI=1S/C23H41N3O5S/c1-15(2)31-23(28)25-14-16(3)26(17(4)27)21-11-10-19(13-22(21)25)18-8-7-9-20(12-18)32(29,30)24(5)6/h15-16,18-22H,7-14H2,1-6H3/t16-,18?,19?,20?,21?,22?/m0/s1. The van der Waals surface area contributed by atoms with Crippen LogP contribution in [0.1, 0.15) is 72.6 Å². The van der Waals surface area contributed by atoms with Gasteiger partial charge in [-0.2, -0.15) is 0 Å². The Balaban J connectivity index is 1.80. The molecular weight excluding hydrogens is 430 g/mol. The topological polar surface area (TPSA) is 87.2 Å². The van der Waals surface area contributed by atoms with Crippen LogP contribution in [0.5, 0.6) is 0 Å². The van der Waals surface area contributed by atoms with E-state index < -0.39 is 10.0 Å². The zero-order chi connectivity index (χ0) is 23.8. The molecule has 9 heteroatoms. The Bertz CT molecular complexity index is 799. The molecule has 2 saturated carbocycles. The van der Waals surface area contributed by atoms with Crippen LogP contribution in [0.2, 0.25) is 0 Å². The van der Waals surface area contributed by atoms with E-state index in [2.05, 4.69) is 0 Å². The number of hydrogen-bond donors (Lipinski definition) is 0. The zero-order valence-electron chi connectivity index (χ0n) is 20.5. The van der Waals surface area contributed by atoms with E-state index in [-0.39, 0.29) is 41.5 Å². The summed E-state index contributed by atoms with van der Waals surface area (Å²) in [6.45, 7) is 7.78. The molecule has 0 radical (unpaired) electrons. The summed E-state index contributed by atoms with van der Waals surface area (Å²) in [4.78, 5) is 29.2. The van der Waals surface area contributed by atoms with E-state index in [1.54, 1.807) is 21.0 Å². The zero-order valence-corrected chi connectivity index (χ0v) is 21.3. The summed E-state index contributed by atoms with van der Waals surface area (Å²) in [5.74, 6) is 0.739. The highest BCUT2D eigenvalue weighted by Gasteiger charge is 2.48. The molecule has 0 aromatic carbocycles.